The lowest BCUT2D eigenvalue weighted by Crippen LogP contribution is -2.34. The molecule has 3 heteroatoms. The maximum Gasteiger partial charge on any atom is 0.284 e. The van der Waals surface area contributed by atoms with Gasteiger partial charge in [-0.15, -0.1) is 0 Å². The molecule has 1 saturated heterocycles. The van der Waals surface area contributed by atoms with Crippen molar-refractivity contribution in [3.63, 3.8) is 0 Å². The molecule has 0 spiro atoms. The van der Waals surface area contributed by atoms with E-state index in [0.29, 0.717) is 12.1 Å². The highest BCUT2D eigenvalue weighted by molar-refractivity contribution is 5.10. The Morgan fingerprint density at radius 2 is 2.15 bits per heavy atom. The van der Waals surface area contributed by atoms with Crippen molar-refractivity contribution in [1.29, 1.82) is 0 Å². The standard InChI is InChI=1S/C10H15NO2/c1-8-2-3-10(12-8)13-9-4-6-11-7-5-9/h2-3,9,11H,4-7H2,1H3. The normalized spacial score (nSPS) is 18.8. The van der Waals surface area contributed by atoms with Crippen LogP contribution in [0.4, 0.5) is 0 Å². The maximum atomic E-state index is 5.67. The molecule has 0 atom stereocenters. The van der Waals surface area contributed by atoms with Crippen LogP contribution in [0.25, 0.3) is 0 Å². The monoisotopic (exact) mass is 181 g/mol. The van der Waals surface area contributed by atoms with Gasteiger partial charge >= 0.3 is 0 Å². The molecule has 1 fully saturated rings. The molecule has 1 aromatic rings. The fourth-order valence-corrected chi connectivity index (χ4v) is 1.55. The summed E-state index contributed by atoms with van der Waals surface area (Å²) in [5.41, 5.74) is 0. The Morgan fingerprint density at radius 3 is 2.77 bits per heavy atom. The Kier molecular flexibility index (Phi) is 2.54. The van der Waals surface area contributed by atoms with E-state index in [1.807, 2.05) is 19.1 Å². The van der Waals surface area contributed by atoms with E-state index in [0.717, 1.165) is 31.7 Å². The Balaban J connectivity index is 1.89. The number of piperidine rings is 1. The van der Waals surface area contributed by atoms with Gasteiger partial charge < -0.3 is 14.5 Å². The highest BCUT2D eigenvalue weighted by Crippen LogP contribution is 2.19. The van der Waals surface area contributed by atoms with Crippen molar-refractivity contribution < 1.29 is 9.15 Å². The van der Waals surface area contributed by atoms with Gasteiger partial charge in [0, 0.05) is 6.07 Å². The fourth-order valence-electron chi connectivity index (χ4n) is 1.55. The maximum absolute atomic E-state index is 5.67. The molecule has 1 aromatic heterocycles. The second-order valence-electron chi connectivity index (χ2n) is 3.43. The SMILES string of the molecule is Cc1ccc(OC2CCNCC2)o1. The number of rotatable bonds is 2. The van der Waals surface area contributed by atoms with Crippen molar-refractivity contribution in [1.82, 2.24) is 5.32 Å². The third-order valence-corrected chi connectivity index (χ3v) is 2.28. The lowest BCUT2D eigenvalue weighted by molar-refractivity contribution is 0.125. The summed E-state index contributed by atoms with van der Waals surface area (Å²) in [6, 6.07) is 3.81. The van der Waals surface area contributed by atoms with Crippen LogP contribution in [0.3, 0.4) is 0 Å². The van der Waals surface area contributed by atoms with Crippen molar-refractivity contribution in [2.45, 2.75) is 25.9 Å². The van der Waals surface area contributed by atoms with Gasteiger partial charge in [-0.25, -0.2) is 0 Å². The first-order valence-electron chi connectivity index (χ1n) is 4.78. The third-order valence-electron chi connectivity index (χ3n) is 2.28. The van der Waals surface area contributed by atoms with Crippen LogP contribution in [0.15, 0.2) is 16.5 Å². The van der Waals surface area contributed by atoms with Crippen LogP contribution in [0.1, 0.15) is 18.6 Å². The Morgan fingerprint density at radius 1 is 1.38 bits per heavy atom. The molecule has 1 aliphatic rings. The molecule has 3 nitrogen and oxygen atoms in total. The van der Waals surface area contributed by atoms with Gasteiger partial charge in [-0.1, -0.05) is 0 Å². The van der Waals surface area contributed by atoms with E-state index >= 15 is 0 Å². The fraction of sp³-hybridized carbons (Fsp3) is 0.600. The van der Waals surface area contributed by atoms with Gasteiger partial charge in [0.1, 0.15) is 11.9 Å². The van der Waals surface area contributed by atoms with Crippen LogP contribution in [-0.2, 0) is 0 Å². The van der Waals surface area contributed by atoms with E-state index in [-0.39, 0.29) is 0 Å². The molecule has 2 heterocycles. The van der Waals surface area contributed by atoms with Gasteiger partial charge in [0.05, 0.1) is 0 Å². The number of aryl methyl sites for hydroxylation is 1. The minimum Gasteiger partial charge on any atom is -0.462 e. The topological polar surface area (TPSA) is 34.4 Å². The molecule has 0 saturated carbocycles. The number of nitrogens with one attached hydrogen (secondary N) is 1. The average molecular weight is 181 g/mol. The lowest BCUT2D eigenvalue weighted by atomic mass is 10.1. The first kappa shape index (κ1) is 8.63. The van der Waals surface area contributed by atoms with Gasteiger partial charge in [0.2, 0.25) is 0 Å². The van der Waals surface area contributed by atoms with Crippen molar-refractivity contribution >= 4 is 0 Å². The highest BCUT2D eigenvalue weighted by atomic mass is 16.6. The molecule has 0 aliphatic carbocycles. The smallest absolute Gasteiger partial charge is 0.284 e. The summed E-state index contributed by atoms with van der Waals surface area (Å²) < 4.78 is 11.0. The van der Waals surface area contributed by atoms with Gasteiger partial charge in [-0.2, -0.15) is 0 Å². The predicted octanol–water partition coefficient (Wildman–Crippen LogP) is 1.72. The zero-order chi connectivity index (χ0) is 9.10. The minimum absolute atomic E-state index is 0.326. The minimum atomic E-state index is 0.326. The van der Waals surface area contributed by atoms with Gasteiger partial charge in [0.25, 0.3) is 5.95 Å². The van der Waals surface area contributed by atoms with E-state index in [4.69, 9.17) is 9.15 Å². The van der Waals surface area contributed by atoms with Crippen LogP contribution in [0, 0.1) is 6.92 Å². The van der Waals surface area contributed by atoms with Gasteiger partial charge in [0.15, 0.2) is 0 Å². The van der Waals surface area contributed by atoms with Crippen molar-refractivity contribution in [3.05, 3.63) is 17.9 Å². The molecule has 1 N–H and O–H groups in total. The molecule has 1 aliphatic heterocycles. The first-order chi connectivity index (χ1) is 6.34. The molecule has 0 bridgehead atoms. The molecule has 72 valence electrons. The van der Waals surface area contributed by atoms with Crippen molar-refractivity contribution in [2.24, 2.45) is 0 Å². The Bertz CT molecular complexity index is 264. The van der Waals surface area contributed by atoms with E-state index in [9.17, 15) is 0 Å². The number of hydrogen-bond acceptors (Lipinski definition) is 3. The quantitative estimate of drug-likeness (QED) is 0.754. The summed E-state index contributed by atoms with van der Waals surface area (Å²) in [4.78, 5) is 0. The van der Waals surface area contributed by atoms with E-state index in [2.05, 4.69) is 5.32 Å². The van der Waals surface area contributed by atoms with E-state index in [1.165, 1.54) is 0 Å². The van der Waals surface area contributed by atoms with Crippen LogP contribution in [-0.4, -0.2) is 19.2 Å². The molecule has 0 amide bonds. The summed E-state index contributed by atoms with van der Waals surface area (Å²) in [6.07, 6.45) is 2.46. The highest BCUT2D eigenvalue weighted by Gasteiger charge is 2.15. The molecular formula is C10H15NO2. The van der Waals surface area contributed by atoms with E-state index < -0.39 is 0 Å². The molecule has 0 aromatic carbocycles. The summed E-state index contributed by atoms with van der Waals surface area (Å²) in [5, 5.41) is 3.30. The first-order valence-corrected chi connectivity index (χ1v) is 4.78. The largest absolute Gasteiger partial charge is 0.462 e. The Hall–Kier alpha value is -0.960. The van der Waals surface area contributed by atoms with Crippen LogP contribution in [0.5, 0.6) is 5.95 Å². The van der Waals surface area contributed by atoms with Crippen LogP contribution >= 0.6 is 0 Å². The second-order valence-corrected chi connectivity index (χ2v) is 3.43. The Labute approximate surface area is 78.1 Å². The summed E-state index contributed by atoms with van der Waals surface area (Å²) in [5.74, 6) is 1.56. The predicted molar refractivity (Wildman–Crippen MR) is 50.0 cm³/mol. The van der Waals surface area contributed by atoms with E-state index in [1.54, 1.807) is 0 Å². The average Bonchev–Trinajstić information content (AvgIpc) is 2.53. The lowest BCUT2D eigenvalue weighted by Gasteiger charge is -2.22. The van der Waals surface area contributed by atoms with Crippen LogP contribution in [0.2, 0.25) is 0 Å². The summed E-state index contributed by atoms with van der Waals surface area (Å²) in [7, 11) is 0. The summed E-state index contributed by atoms with van der Waals surface area (Å²) >= 11 is 0. The van der Waals surface area contributed by atoms with Gasteiger partial charge in [-0.05, 0) is 38.9 Å². The number of furan rings is 1. The number of hydrogen-bond donors (Lipinski definition) is 1. The molecule has 13 heavy (non-hydrogen) atoms. The molecule has 0 radical (unpaired) electrons. The zero-order valence-corrected chi connectivity index (χ0v) is 7.88. The third kappa shape index (κ3) is 2.25. The molecule has 2 rings (SSSR count). The second kappa shape index (κ2) is 3.83. The van der Waals surface area contributed by atoms with Crippen molar-refractivity contribution in [3.8, 4) is 5.95 Å². The zero-order valence-electron chi connectivity index (χ0n) is 7.88. The summed E-state index contributed by atoms with van der Waals surface area (Å²) in [6.45, 7) is 4.02. The molecule has 0 unspecified atom stereocenters. The van der Waals surface area contributed by atoms with Crippen LogP contribution < -0.4 is 10.1 Å². The molecular weight excluding hydrogens is 166 g/mol. The van der Waals surface area contributed by atoms with Crippen molar-refractivity contribution in [2.75, 3.05) is 13.1 Å². The number of ether oxygens (including phenoxy) is 1. The van der Waals surface area contributed by atoms with Gasteiger partial charge in [-0.3, -0.25) is 0 Å².